The summed E-state index contributed by atoms with van der Waals surface area (Å²) in [7, 11) is 1.82. The molecule has 242 valence electrons. The molecule has 2 aromatic carbocycles. The molecule has 2 aromatic heterocycles. The molecule has 8 nitrogen and oxygen atoms in total. The summed E-state index contributed by atoms with van der Waals surface area (Å²) in [5.41, 5.74) is 3.09. The molecule has 0 radical (unpaired) electrons. The molecule has 46 heavy (non-hydrogen) atoms. The van der Waals surface area contributed by atoms with E-state index < -0.39 is 28.9 Å². The molecule has 4 atom stereocenters. The normalized spacial score (nSPS) is 26.7. The van der Waals surface area contributed by atoms with E-state index in [1.807, 2.05) is 11.9 Å². The van der Waals surface area contributed by atoms with Gasteiger partial charge >= 0.3 is 12.2 Å². The standard InChI is InChI=1S/C32H32F5N7OS/c1-42(21-11-15-10-16-12-22(21)44(15)16)28-18-13-19(32(35,36)37)23(17-4-5-20(33)27-26(17)39-29(38)46-27)24(34)25(18)40-30(41-28)45-14-31-6-2-8-43(31)9-3-7-31/h4-5,13,15-16,21-22H,2-3,6-12,14H2,1H3,(H2,38,39)/t15-,16?,21-,22+/m0/s1. The van der Waals surface area contributed by atoms with Gasteiger partial charge in [0.1, 0.15) is 23.8 Å². The van der Waals surface area contributed by atoms with Crippen molar-refractivity contribution in [1.82, 2.24) is 24.8 Å². The van der Waals surface area contributed by atoms with Crippen molar-refractivity contribution in [3.63, 3.8) is 0 Å². The Hall–Kier alpha value is -3.36. The zero-order chi connectivity index (χ0) is 31.7. The fourth-order valence-electron chi connectivity index (χ4n) is 9.19. The van der Waals surface area contributed by atoms with Crippen molar-refractivity contribution in [2.45, 2.75) is 80.8 Å². The highest BCUT2D eigenvalue weighted by Crippen LogP contribution is 2.53. The minimum atomic E-state index is -4.95. The van der Waals surface area contributed by atoms with E-state index in [0.717, 1.165) is 87.6 Å². The lowest BCUT2D eigenvalue weighted by molar-refractivity contribution is -0.137. The molecule has 5 aliphatic rings. The lowest BCUT2D eigenvalue weighted by Gasteiger charge is -2.57. The van der Waals surface area contributed by atoms with E-state index in [4.69, 9.17) is 15.5 Å². The number of halogens is 5. The number of alkyl halides is 3. The van der Waals surface area contributed by atoms with Crippen LogP contribution in [0.2, 0.25) is 0 Å². The van der Waals surface area contributed by atoms with Crippen molar-refractivity contribution >= 4 is 43.4 Å². The van der Waals surface area contributed by atoms with Crippen LogP contribution in [-0.4, -0.2) is 81.2 Å². The van der Waals surface area contributed by atoms with Crippen LogP contribution in [0.1, 0.15) is 50.5 Å². The minimum absolute atomic E-state index is 0.0141. The van der Waals surface area contributed by atoms with Gasteiger partial charge in [-0.05, 0) is 76.2 Å². The average molecular weight is 658 g/mol. The van der Waals surface area contributed by atoms with Gasteiger partial charge in [-0.15, -0.1) is 0 Å². The summed E-state index contributed by atoms with van der Waals surface area (Å²) in [4.78, 5) is 20.1. The topological polar surface area (TPSA) is 83.6 Å². The number of likely N-dealkylation sites (N-methyl/N-ethyl adjacent to an activating group) is 1. The van der Waals surface area contributed by atoms with Crippen molar-refractivity contribution in [3.05, 3.63) is 35.4 Å². The molecule has 5 fully saturated rings. The Morgan fingerprint density at radius 2 is 1.80 bits per heavy atom. The van der Waals surface area contributed by atoms with E-state index in [-0.39, 0.29) is 61.3 Å². The molecule has 7 heterocycles. The highest BCUT2D eigenvalue weighted by atomic mass is 32.1. The Morgan fingerprint density at radius 1 is 1.04 bits per heavy atom. The second-order valence-corrected chi connectivity index (χ2v) is 14.6. The molecule has 9 rings (SSSR count). The maximum atomic E-state index is 16.9. The van der Waals surface area contributed by atoms with E-state index in [1.54, 1.807) is 0 Å². The maximum Gasteiger partial charge on any atom is 0.417 e. The van der Waals surface area contributed by atoms with Crippen LogP contribution in [0.3, 0.4) is 0 Å². The minimum Gasteiger partial charge on any atom is -0.461 e. The van der Waals surface area contributed by atoms with Gasteiger partial charge in [0, 0.05) is 47.7 Å². The molecular weight excluding hydrogens is 625 g/mol. The first kappa shape index (κ1) is 28.8. The lowest BCUT2D eigenvalue weighted by atomic mass is 9.82. The molecule has 0 amide bonds. The number of ether oxygens (including phenoxy) is 1. The van der Waals surface area contributed by atoms with E-state index >= 15 is 4.39 Å². The third-order valence-electron chi connectivity index (χ3n) is 11.3. The van der Waals surface area contributed by atoms with Gasteiger partial charge in [-0.25, -0.2) is 13.8 Å². The summed E-state index contributed by atoms with van der Waals surface area (Å²) >= 11 is 0.796. The Kier molecular flexibility index (Phi) is 6.16. The highest BCUT2D eigenvalue weighted by Gasteiger charge is 2.60. The van der Waals surface area contributed by atoms with Gasteiger partial charge in [-0.2, -0.15) is 23.1 Å². The van der Waals surface area contributed by atoms with Crippen molar-refractivity contribution < 1.29 is 26.7 Å². The molecule has 1 unspecified atom stereocenters. The molecule has 2 N–H and O–H groups in total. The van der Waals surface area contributed by atoms with Crippen LogP contribution in [0.15, 0.2) is 18.2 Å². The number of nitrogen functional groups attached to an aromatic ring is 1. The van der Waals surface area contributed by atoms with Crippen molar-refractivity contribution in [2.24, 2.45) is 0 Å². The Balaban J connectivity index is 1.23. The summed E-state index contributed by atoms with van der Waals surface area (Å²) in [5, 5.41) is -0.0870. The molecule has 0 bridgehead atoms. The third kappa shape index (κ3) is 4.05. The third-order valence-corrected chi connectivity index (χ3v) is 12.2. The monoisotopic (exact) mass is 657 g/mol. The molecular formula is C32H32F5N7OS. The van der Waals surface area contributed by atoms with E-state index in [0.29, 0.717) is 18.7 Å². The van der Waals surface area contributed by atoms with E-state index in [9.17, 15) is 17.6 Å². The van der Waals surface area contributed by atoms with Crippen LogP contribution in [-0.2, 0) is 6.18 Å². The van der Waals surface area contributed by atoms with Gasteiger partial charge in [0.2, 0.25) is 0 Å². The zero-order valence-corrected chi connectivity index (χ0v) is 25.9. The van der Waals surface area contributed by atoms with Gasteiger partial charge in [0.15, 0.2) is 10.9 Å². The number of nitrogens with zero attached hydrogens (tertiary/aromatic N) is 6. The Labute approximate surface area is 265 Å². The fourth-order valence-corrected chi connectivity index (χ4v) is 9.95. The van der Waals surface area contributed by atoms with Crippen molar-refractivity contribution in [1.29, 1.82) is 0 Å². The molecule has 0 spiro atoms. The Morgan fingerprint density at radius 3 is 2.52 bits per heavy atom. The molecule has 5 aliphatic heterocycles. The van der Waals surface area contributed by atoms with Gasteiger partial charge in [-0.1, -0.05) is 11.3 Å². The summed E-state index contributed by atoms with van der Waals surface area (Å²) in [5.74, 6) is -1.68. The lowest BCUT2D eigenvalue weighted by Crippen LogP contribution is -2.67. The summed E-state index contributed by atoms with van der Waals surface area (Å²) in [6, 6.07) is 4.32. The van der Waals surface area contributed by atoms with Gasteiger partial charge in [0.25, 0.3) is 0 Å². The first-order chi connectivity index (χ1) is 22.0. The molecule has 0 aliphatic carbocycles. The van der Waals surface area contributed by atoms with Crippen molar-refractivity contribution in [2.75, 3.05) is 37.4 Å². The second-order valence-electron chi connectivity index (χ2n) is 13.6. The van der Waals surface area contributed by atoms with E-state index in [1.165, 1.54) is 0 Å². The number of thiazole rings is 1. The van der Waals surface area contributed by atoms with Gasteiger partial charge < -0.3 is 15.4 Å². The molecule has 4 aromatic rings. The fraction of sp³-hybridized carbons (Fsp3) is 0.531. The predicted molar refractivity (Wildman–Crippen MR) is 165 cm³/mol. The van der Waals surface area contributed by atoms with Crippen molar-refractivity contribution in [3.8, 4) is 17.1 Å². The summed E-state index contributed by atoms with van der Waals surface area (Å²) in [6.45, 7) is 2.29. The zero-order valence-electron chi connectivity index (χ0n) is 25.1. The number of hydrogen-bond acceptors (Lipinski definition) is 9. The predicted octanol–water partition coefficient (Wildman–Crippen LogP) is 6.22. The van der Waals surface area contributed by atoms with Gasteiger partial charge in [-0.3, -0.25) is 9.80 Å². The van der Waals surface area contributed by atoms with Crippen LogP contribution in [0.5, 0.6) is 6.01 Å². The van der Waals surface area contributed by atoms with Crippen LogP contribution >= 0.6 is 11.3 Å². The number of fused-ring (bicyclic) bond motifs is 3. The van der Waals surface area contributed by atoms with Crippen LogP contribution < -0.4 is 15.4 Å². The number of aromatic nitrogens is 3. The molecule has 14 heteroatoms. The van der Waals surface area contributed by atoms with E-state index in [2.05, 4.69) is 19.8 Å². The Bertz CT molecular complexity index is 1910. The number of anilines is 2. The number of nitrogens with two attached hydrogens (primary N) is 1. The van der Waals surface area contributed by atoms with Gasteiger partial charge in [0.05, 0.1) is 21.3 Å². The first-order valence-corrected chi connectivity index (χ1v) is 16.7. The van der Waals surface area contributed by atoms with Crippen LogP contribution in [0.25, 0.3) is 32.2 Å². The highest BCUT2D eigenvalue weighted by molar-refractivity contribution is 7.22. The largest absolute Gasteiger partial charge is 0.461 e. The summed E-state index contributed by atoms with van der Waals surface area (Å²) < 4.78 is 82.4. The first-order valence-electron chi connectivity index (χ1n) is 15.9. The number of hydrogen-bond donors (Lipinski definition) is 1. The average Bonchev–Trinajstić information content (AvgIpc) is 3.70. The number of benzene rings is 2. The smallest absolute Gasteiger partial charge is 0.417 e. The molecule has 5 saturated heterocycles. The summed E-state index contributed by atoms with van der Waals surface area (Å²) in [6.07, 6.45) is 2.13. The number of rotatable bonds is 6. The maximum absolute atomic E-state index is 16.9. The van der Waals surface area contributed by atoms with Crippen LogP contribution in [0.4, 0.5) is 32.9 Å². The van der Waals surface area contributed by atoms with Crippen LogP contribution in [0, 0.1) is 11.6 Å². The number of piperidine rings is 1. The molecule has 0 saturated carbocycles. The SMILES string of the molecule is CN(c1nc(OCC23CCCN2CCC3)nc2c(F)c(-c3ccc(F)c4sc(N)nc34)c(C(F)(F)F)cc12)[C@H]1C[C@@H]2CC3C[C@H]1N32. The quantitative estimate of drug-likeness (QED) is 0.245. The second kappa shape index (κ2) is 9.83.